The molecule has 1 aromatic carbocycles. The molecule has 0 saturated heterocycles. The van der Waals surface area contributed by atoms with Crippen LogP contribution in [0, 0.1) is 6.92 Å². The van der Waals surface area contributed by atoms with Gasteiger partial charge in [0, 0.05) is 18.3 Å². The average Bonchev–Trinajstić information content (AvgIpc) is 2.40. The van der Waals surface area contributed by atoms with Gasteiger partial charge in [-0.15, -0.1) is 0 Å². The van der Waals surface area contributed by atoms with Gasteiger partial charge in [-0.3, -0.25) is 0 Å². The highest BCUT2D eigenvalue weighted by Gasteiger charge is 2.07. The molecule has 0 spiro atoms. The molecule has 0 fully saturated rings. The summed E-state index contributed by atoms with van der Waals surface area (Å²) >= 11 is 0. The fraction of sp³-hybridized carbons (Fsp3) is 0.214. The molecule has 2 aromatic rings. The van der Waals surface area contributed by atoms with E-state index in [1.54, 1.807) is 13.3 Å². The van der Waals surface area contributed by atoms with Gasteiger partial charge in [0.1, 0.15) is 11.5 Å². The Balaban J connectivity index is 2.25. The number of rotatable bonds is 4. The summed E-state index contributed by atoms with van der Waals surface area (Å²) in [6.07, 6.45) is 1.72. The molecule has 4 heteroatoms. The molecule has 0 aliphatic carbocycles. The summed E-state index contributed by atoms with van der Waals surface area (Å²) in [5, 5.41) is 0. The van der Waals surface area contributed by atoms with Crippen LogP contribution >= 0.6 is 0 Å². The van der Waals surface area contributed by atoms with Crippen LogP contribution in [0.3, 0.4) is 0 Å². The molecule has 0 amide bonds. The van der Waals surface area contributed by atoms with Crippen molar-refractivity contribution in [2.45, 2.75) is 13.5 Å². The molecule has 2 N–H and O–H groups in total. The average molecular weight is 244 g/mol. The van der Waals surface area contributed by atoms with E-state index in [0.29, 0.717) is 18.2 Å². The molecular weight excluding hydrogens is 228 g/mol. The number of hydrogen-bond donors (Lipinski definition) is 1. The number of nitrogens with two attached hydrogens (primary N) is 1. The number of aromatic nitrogens is 1. The first-order chi connectivity index (χ1) is 8.74. The molecule has 94 valence electrons. The first kappa shape index (κ1) is 12.4. The molecule has 0 atom stereocenters. The van der Waals surface area contributed by atoms with E-state index in [4.69, 9.17) is 15.2 Å². The van der Waals surface area contributed by atoms with Gasteiger partial charge in [-0.2, -0.15) is 0 Å². The van der Waals surface area contributed by atoms with Crippen molar-refractivity contribution in [2.75, 3.05) is 7.11 Å². The van der Waals surface area contributed by atoms with Crippen LogP contribution in [0.15, 0.2) is 36.5 Å². The Kier molecular flexibility index (Phi) is 3.79. The monoisotopic (exact) mass is 244 g/mol. The molecular formula is C14H16N2O2. The van der Waals surface area contributed by atoms with Crippen LogP contribution < -0.4 is 15.2 Å². The highest BCUT2D eigenvalue weighted by atomic mass is 16.5. The molecule has 0 aliphatic rings. The Labute approximate surface area is 106 Å². The van der Waals surface area contributed by atoms with E-state index in [9.17, 15) is 0 Å². The lowest BCUT2D eigenvalue weighted by atomic mass is 10.1. The van der Waals surface area contributed by atoms with E-state index in [-0.39, 0.29) is 0 Å². The van der Waals surface area contributed by atoms with Crippen molar-refractivity contribution >= 4 is 0 Å². The van der Waals surface area contributed by atoms with Gasteiger partial charge in [-0.25, -0.2) is 4.98 Å². The first-order valence-electron chi connectivity index (χ1n) is 5.71. The van der Waals surface area contributed by atoms with Gasteiger partial charge in [0.2, 0.25) is 5.88 Å². The molecule has 0 saturated carbocycles. The fourth-order valence-corrected chi connectivity index (χ4v) is 1.66. The third kappa shape index (κ3) is 2.60. The zero-order valence-corrected chi connectivity index (χ0v) is 10.5. The zero-order valence-electron chi connectivity index (χ0n) is 10.5. The van der Waals surface area contributed by atoms with Crippen molar-refractivity contribution in [2.24, 2.45) is 5.73 Å². The molecule has 0 unspecified atom stereocenters. The molecule has 1 heterocycles. The summed E-state index contributed by atoms with van der Waals surface area (Å²) in [4.78, 5) is 4.21. The van der Waals surface area contributed by atoms with Gasteiger partial charge in [0.15, 0.2) is 0 Å². The van der Waals surface area contributed by atoms with Crippen LogP contribution in [0.4, 0.5) is 0 Å². The van der Waals surface area contributed by atoms with Gasteiger partial charge >= 0.3 is 0 Å². The zero-order chi connectivity index (χ0) is 13.0. The molecule has 1 aromatic heterocycles. The molecule has 0 bridgehead atoms. The highest BCUT2D eigenvalue weighted by Crippen LogP contribution is 2.26. The predicted octanol–water partition coefficient (Wildman–Crippen LogP) is 2.65. The maximum absolute atomic E-state index is 5.73. The first-order valence-corrected chi connectivity index (χ1v) is 5.71. The number of nitrogens with zero attached hydrogens (tertiary/aromatic N) is 1. The second kappa shape index (κ2) is 5.51. The summed E-state index contributed by atoms with van der Waals surface area (Å²) in [5.41, 5.74) is 7.71. The van der Waals surface area contributed by atoms with Crippen LogP contribution in [0.1, 0.15) is 11.1 Å². The summed E-state index contributed by atoms with van der Waals surface area (Å²) in [6.45, 7) is 2.40. The molecule has 0 radical (unpaired) electrons. The molecule has 18 heavy (non-hydrogen) atoms. The predicted molar refractivity (Wildman–Crippen MR) is 69.9 cm³/mol. The van der Waals surface area contributed by atoms with Gasteiger partial charge in [0.25, 0.3) is 0 Å². The molecule has 0 aliphatic heterocycles. The summed E-state index contributed by atoms with van der Waals surface area (Å²) in [6, 6.07) is 9.27. The Morgan fingerprint density at radius 3 is 2.39 bits per heavy atom. The lowest BCUT2D eigenvalue weighted by molar-refractivity contribution is 0.412. The van der Waals surface area contributed by atoms with Crippen molar-refractivity contribution < 1.29 is 9.47 Å². The lowest BCUT2D eigenvalue weighted by Gasteiger charge is -2.11. The fourth-order valence-electron chi connectivity index (χ4n) is 1.66. The van der Waals surface area contributed by atoms with Crippen LogP contribution in [-0.4, -0.2) is 12.1 Å². The number of ether oxygens (including phenoxy) is 2. The van der Waals surface area contributed by atoms with Gasteiger partial charge in [-0.05, 0) is 42.8 Å². The van der Waals surface area contributed by atoms with Crippen molar-refractivity contribution in [3.8, 4) is 17.4 Å². The van der Waals surface area contributed by atoms with E-state index in [0.717, 1.165) is 16.9 Å². The number of pyridine rings is 1. The number of hydrogen-bond acceptors (Lipinski definition) is 4. The summed E-state index contributed by atoms with van der Waals surface area (Å²) in [7, 11) is 1.63. The molecule has 2 rings (SSSR count). The third-order valence-corrected chi connectivity index (χ3v) is 2.73. The lowest BCUT2D eigenvalue weighted by Crippen LogP contribution is -2.03. The minimum Gasteiger partial charge on any atom is -0.497 e. The Bertz CT molecular complexity index is 524. The van der Waals surface area contributed by atoms with Crippen molar-refractivity contribution in [3.63, 3.8) is 0 Å². The second-order valence-corrected chi connectivity index (χ2v) is 3.89. The van der Waals surface area contributed by atoms with Crippen LogP contribution in [0.25, 0.3) is 0 Å². The number of benzene rings is 1. The smallest absolute Gasteiger partial charge is 0.223 e. The number of methoxy groups -OCH3 is 1. The third-order valence-electron chi connectivity index (χ3n) is 2.73. The topological polar surface area (TPSA) is 57.4 Å². The maximum atomic E-state index is 5.73. The molecule has 4 nitrogen and oxygen atoms in total. The summed E-state index contributed by atoms with van der Waals surface area (Å²) in [5.74, 6) is 2.06. The Hall–Kier alpha value is -2.07. The SMILES string of the molecule is COc1ccc(Oc2nccc(C)c2CN)cc1. The van der Waals surface area contributed by atoms with E-state index >= 15 is 0 Å². The van der Waals surface area contributed by atoms with Crippen molar-refractivity contribution in [1.29, 1.82) is 0 Å². The van der Waals surface area contributed by atoms with E-state index in [1.165, 1.54) is 0 Å². The number of aryl methyl sites for hydroxylation is 1. The minimum absolute atomic E-state index is 0.408. The quantitative estimate of drug-likeness (QED) is 0.898. The van der Waals surface area contributed by atoms with E-state index in [2.05, 4.69) is 4.98 Å². The van der Waals surface area contributed by atoms with Crippen molar-refractivity contribution in [1.82, 2.24) is 4.98 Å². The normalized spacial score (nSPS) is 10.2. The maximum Gasteiger partial charge on any atom is 0.223 e. The highest BCUT2D eigenvalue weighted by molar-refractivity contribution is 5.38. The van der Waals surface area contributed by atoms with Crippen LogP contribution in [0.5, 0.6) is 17.4 Å². The minimum atomic E-state index is 0.408. The Morgan fingerprint density at radius 1 is 1.11 bits per heavy atom. The van der Waals surface area contributed by atoms with Crippen LogP contribution in [0.2, 0.25) is 0 Å². The van der Waals surface area contributed by atoms with Gasteiger partial charge < -0.3 is 15.2 Å². The largest absolute Gasteiger partial charge is 0.497 e. The Morgan fingerprint density at radius 2 is 1.78 bits per heavy atom. The van der Waals surface area contributed by atoms with Crippen LogP contribution in [-0.2, 0) is 6.54 Å². The van der Waals surface area contributed by atoms with E-state index in [1.807, 2.05) is 37.3 Å². The van der Waals surface area contributed by atoms with Gasteiger partial charge in [0.05, 0.1) is 7.11 Å². The second-order valence-electron chi connectivity index (χ2n) is 3.89. The summed E-state index contributed by atoms with van der Waals surface area (Å²) < 4.78 is 10.8. The van der Waals surface area contributed by atoms with E-state index < -0.39 is 0 Å². The standard InChI is InChI=1S/C14H16N2O2/c1-10-7-8-16-14(13(10)9-15)18-12-5-3-11(17-2)4-6-12/h3-8H,9,15H2,1-2H3. The van der Waals surface area contributed by atoms with Gasteiger partial charge in [-0.1, -0.05) is 0 Å². The van der Waals surface area contributed by atoms with Crippen molar-refractivity contribution in [3.05, 3.63) is 47.7 Å².